The van der Waals surface area contributed by atoms with E-state index in [4.69, 9.17) is 4.74 Å². The van der Waals surface area contributed by atoms with Crippen molar-refractivity contribution in [3.8, 4) is 5.75 Å². The molecule has 21 heavy (non-hydrogen) atoms. The zero-order chi connectivity index (χ0) is 15.4. The van der Waals surface area contributed by atoms with Crippen LogP contribution in [-0.4, -0.2) is 12.0 Å². The van der Waals surface area contributed by atoms with Gasteiger partial charge in [-0.1, -0.05) is 15.9 Å². The second-order valence-electron chi connectivity index (χ2n) is 4.24. The zero-order valence-electron chi connectivity index (χ0n) is 11.1. The van der Waals surface area contributed by atoms with E-state index >= 15 is 0 Å². The number of halogens is 2. The van der Waals surface area contributed by atoms with E-state index in [1.165, 1.54) is 12.1 Å². The predicted molar refractivity (Wildman–Crippen MR) is 88.8 cm³/mol. The Kier molecular flexibility index (Phi) is 5.19. The molecular formula is C14H12Br2N2O3. The summed E-state index contributed by atoms with van der Waals surface area (Å²) in [5.41, 5.74) is 1.90. The van der Waals surface area contributed by atoms with Gasteiger partial charge < -0.3 is 10.1 Å². The van der Waals surface area contributed by atoms with Gasteiger partial charge in [0.2, 0.25) is 0 Å². The van der Waals surface area contributed by atoms with Crippen molar-refractivity contribution in [3.63, 3.8) is 0 Å². The van der Waals surface area contributed by atoms with Gasteiger partial charge >= 0.3 is 0 Å². The molecule has 2 aromatic rings. The molecule has 7 heteroatoms. The number of nitrogens with zero attached hydrogens (tertiary/aromatic N) is 1. The second-order valence-corrected chi connectivity index (χ2v) is 5.94. The largest absolute Gasteiger partial charge is 0.495 e. The number of hydrogen-bond donors (Lipinski definition) is 1. The van der Waals surface area contributed by atoms with Crippen molar-refractivity contribution in [2.24, 2.45) is 0 Å². The van der Waals surface area contributed by atoms with Crippen LogP contribution in [0.15, 0.2) is 45.3 Å². The third kappa shape index (κ3) is 3.95. The first-order chi connectivity index (χ1) is 10.0. The molecule has 0 unspecified atom stereocenters. The maximum absolute atomic E-state index is 10.7. The normalized spacial score (nSPS) is 10.2. The SMILES string of the molecule is COc1cc(NCc2ccc([N+](=O)[O-])cc2Br)ccc1Br. The van der Waals surface area contributed by atoms with Gasteiger partial charge in [0.05, 0.1) is 16.5 Å². The molecule has 2 rings (SSSR count). The van der Waals surface area contributed by atoms with E-state index in [2.05, 4.69) is 37.2 Å². The highest BCUT2D eigenvalue weighted by Gasteiger charge is 2.09. The number of nitro benzene ring substituents is 1. The summed E-state index contributed by atoms with van der Waals surface area (Å²) >= 11 is 6.75. The van der Waals surface area contributed by atoms with Gasteiger partial charge in [-0.15, -0.1) is 0 Å². The van der Waals surface area contributed by atoms with Crippen molar-refractivity contribution in [2.75, 3.05) is 12.4 Å². The molecule has 0 saturated carbocycles. The summed E-state index contributed by atoms with van der Waals surface area (Å²) in [5, 5.41) is 13.9. The molecule has 0 fully saturated rings. The van der Waals surface area contributed by atoms with Crippen LogP contribution in [0.4, 0.5) is 11.4 Å². The van der Waals surface area contributed by atoms with Crippen molar-refractivity contribution in [1.82, 2.24) is 0 Å². The summed E-state index contributed by atoms with van der Waals surface area (Å²) in [6.07, 6.45) is 0. The molecule has 0 radical (unpaired) electrons. The topological polar surface area (TPSA) is 64.4 Å². The Bertz CT molecular complexity index is 677. The van der Waals surface area contributed by atoms with Gasteiger partial charge in [0.1, 0.15) is 5.75 Å². The summed E-state index contributed by atoms with van der Waals surface area (Å²) in [7, 11) is 1.61. The molecule has 0 aliphatic carbocycles. The summed E-state index contributed by atoms with van der Waals surface area (Å²) in [6, 6.07) is 10.4. The lowest BCUT2D eigenvalue weighted by Crippen LogP contribution is -2.01. The molecule has 110 valence electrons. The van der Waals surface area contributed by atoms with Crippen LogP contribution in [0.1, 0.15) is 5.56 Å². The molecule has 0 amide bonds. The lowest BCUT2D eigenvalue weighted by Gasteiger charge is -2.10. The maximum Gasteiger partial charge on any atom is 0.270 e. The van der Waals surface area contributed by atoms with Gasteiger partial charge in [0, 0.05) is 34.9 Å². The van der Waals surface area contributed by atoms with Gasteiger partial charge in [-0.3, -0.25) is 10.1 Å². The van der Waals surface area contributed by atoms with Crippen LogP contribution in [-0.2, 0) is 6.54 Å². The van der Waals surface area contributed by atoms with Crippen molar-refractivity contribution in [2.45, 2.75) is 6.54 Å². The van der Waals surface area contributed by atoms with Gasteiger partial charge in [-0.2, -0.15) is 0 Å². The van der Waals surface area contributed by atoms with Crippen LogP contribution in [0.3, 0.4) is 0 Å². The maximum atomic E-state index is 10.7. The summed E-state index contributed by atoms with van der Waals surface area (Å²) < 4.78 is 6.82. The van der Waals surface area contributed by atoms with Crippen molar-refractivity contribution < 1.29 is 9.66 Å². The van der Waals surface area contributed by atoms with Gasteiger partial charge in [0.15, 0.2) is 0 Å². The predicted octanol–water partition coefficient (Wildman–Crippen LogP) is 4.74. The number of rotatable bonds is 5. The van der Waals surface area contributed by atoms with E-state index in [0.717, 1.165) is 21.5 Å². The quantitative estimate of drug-likeness (QED) is 0.565. The minimum Gasteiger partial charge on any atom is -0.495 e. The number of methoxy groups -OCH3 is 1. The van der Waals surface area contributed by atoms with E-state index in [1.807, 2.05) is 18.2 Å². The van der Waals surface area contributed by atoms with E-state index < -0.39 is 4.92 Å². The number of nitrogens with one attached hydrogen (secondary N) is 1. The minimum atomic E-state index is -0.415. The highest BCUT2D eigenvalue weighted by molar-refractivity contribution is 9.10. The molecule has 0 heterocycles. The lowest BCUT2D eigenvalue weighted by atomic mass is 10.2. The molecule has 0 saturated heterocycles. The van der Waals surface area contributed by atoms with E-state index in [-0.39, 0.29) is 5.69 Å². The fourth-order valence-corrected chi connectivity index (χ4v) is 2.68. The Labute approximate surface area is 138 Å². The number of non-ortho nitro benzene ring substituents is 1. The molecule has 0 aromatic heterocycles. The first-order valence-electron chi connectivity index (χ1n) is 6.01. The molecule has 0 atom stereocenters. The highest BCUT2D eigenvalue weighted by Crippen LogP contribution is 2.29. The van der Waals surface area contributed by atoms with Crippen LogP contribution in [0.5, 0.6) is 5.75 Å². The highest BCUT2D eigenvalue weighted by atomic mass is 79.9. The van der Waals surface area contributed by atoms with Crippen molar-refractivity contribution in [3.05, 3.63) is 61.0 Å². The third-order valence-electron chi connectivity index (χ3n) is 2.88. The van der Waals surface area contributed by atoms with Crippen molar-refractivity contribution in [1.29, 1.82) is 0 Å². The molecule has 0 bridgehead atoms. The molecule has 5 nitrogen and oxygen atoms in total. The van der Waals surface area contributed by atoms with Gasteiger partial charge in [0.25, 0.3) is 5.69 Å². The van der Waals surface area contributed by atoms with E-state index in [9.17, 15) is 10.1 Å². The zero-order valence-corrected chi connectivity index (χ0v) is 14.3. The first-order valence-corrected chi connectivity index (χ1v) is 7.60. The number of hydrogen-bond acceptors (Lipinski definition) is 4. The number of anilines is 1. The molecule has 1 N–H and O–H groups in total. The van der Waals surface area contributed by atoms with Crippen LogP contribution < -0.4 is 10.1 Å². The Morgan fingerprint density at radius 3 is 2.57 bits per heavy atom. The Morgan fingerprint density at radius 2 is 1.95 bits per heavy atom. The third-order valence-corrected chi connectivity index (χ3v) is 4.27. The standard InChI is InChI=1S/C14H12Br2N2O3/c1-21-14-6-10(3-5-12(14)15)17-8-9-2-4-11(18(19)20)7-13(9)16/h2-7,17H,8H2,1H3. The first kappa shape index (κ1) is 15.8. The fourth-order valence-electron chi connectivity index (χ4n) is 1.76. The Morgan fingerprint density at radius 1 is 1.19 bits per heavy atom. The number of nitro groups is 1. The smallest absolute Gasteiger partial charge is 0.270 e. The lowest BCUT2D eigenvalue weighted by molar-refractivity contribution is -0.384. The van der Waals surface area contributed by atoms with Gasteiger partial charge in [-0.25, -0.2) is 0 Å². The van der Waals surface area contributed by atoms with Crippen LogP contribution in [0, 0.1) is 10.1 Å². The number of benzene rings is 2. The average molecular weight is 416 g/mol. The Balaban J connectivity index is 2.11. The van der Waals surface area contributed by atoms with E-state index in [1.54, 1.807) is 13.2 Å². The van der Waals surface area contributed by atoms with Crippen LogP contribution in [0.2, 0.25) is 0 Å². The van der Waals surface area contributed by atoms with Crippen molar-refractivity contribution >= 4 is 43.2 Å². The molecule has 0 aliphatic rings. The molecule has 2 aromatic carbocycles. The van der Waals surface area contributed by atoms with Gasteiger partial charge in [-0.05, 0) is 39.7 Å². The van der Waals surface area contributed by atoms with Crippen LogP contribution >= 0.6 is 31.9 Å². The minimum absolute atomic E-state index is 0.0657. The van der Waals surface area contributed by atoms with E-state index in [0.29, 0.717) is 11.0 Å². The molecule has 0 spiro atoms. The number of ether oxygens (including phenoxy) is 1. The monoisotopic (exact) mass is 414 g/mol. The summed E-state index contributed by atoms with van der Waals surface area (Å²) in [4.78, 5) is 10.3. The summed E-state index contributed by atoms with van der Waals surface area (Å²) in [6.45, 7) is 0.545. The fraction of sp³-hybridized carbons (Fsp3) is 0.143. The molecule has 0 aliphatic heterocycles. The molecular weight excluding hydrogens is 404 g/mol. The second kappa shape index (κ2) is 6.91. The Hall–Kier alpha value is -1.60. The average Bonchev–Trinajstić information content (AvgIpc) is 2.47. The summed E-state index contributed by atoms with van der Waals surface area (Å²) in [5.74, 6) is 0.739. The van der Waals surface area contributed by atoms with Crippen LogP contribution in [0.25, 0.3) is 0 Å².